The molecule has 0 saturated carbocycles. The van der Waals surface area contributed by atoms with E-state index >= 15 is 0 Å². The molecule has 0 aliphatic rings. The van der Waals surface area contributed by atoms with Gasteiger partial charge in [-0.2, -0.15) is 0 Å². The van der Waals surface area contributed by atoms with Crippen molar-refractivity contribution in [3.63, 3.8) is 0 Å². The molecule has 4 atom stereocenters. The highest BCUT2D eigenvalue weighted by atomic mass is 16.4. The third kappa shape index (κ3) is 6.99. The number of carbonyl (C=O) groups excluding carboxylic acids is 3. The van der Waals surface area contributed by atoms with E-state index in [0.717, 1.165) is 0 Å². The van der Waals surface area contributed by atoms with Gasteiger partial charge in [0.2, 0.25) is 17.7 Å². The number of rotatable bonds is 10. The number of aromatic nitrogens is 2. The number of nitrogens with one attached hydrogen (secondary N) is 4. The van der Waals surface area contributed by atoms with Crippen LogP contribution in [0.3, 0.4) is 0 Å². The molecule has 0 aromatic carbocycles. The van der Waals surface area contributed by atoms with Crippen LogP contribution in [0, 0.1) is 5.92 Å². The quantitative estimate of drug-likeness (QED) is 0.279. The lowest BCUT2D eigenvalue weighted by Gasteiger charge is -2.22. The van der Waals surface area contributed by atoms with E-state index in [9.17, 15) is 24.3 Å². The van der Waals surface area contributed by atoms with Crippen molar-refractivity contribution in [1.29, 1.82) is 0 Å². The Balaban J connectivity index is 2.58. The van der Waals surface area contributed by atoms with Crippen LogP contribution in [0.25, 0.3) is 0 Å². The van der Waals surface area contributed by atoms with Crippen molar-refractivity contribution in [2.75, 3.05) is 0 Å². The van der Waals surface area contributed by atoms with Gasteiger partial charge in [-0.15, -0.1) is 0 Å². The highest BCUT2D eigenvalue weighted by Gasteiger charge is 2.27. The molecule has 1 heterocycles. The summed E-state index contributed by atoms with van der Waals surface area (Å²) in [5.41, 5.74) is 6.27. The molecule has 0 bridgehead atoms. The van der Waals surface area contributed by atoms with Crippen molar-refractivity contribution >= 4 is 23.7 Å². The Labute approximate surface area is 162 Å². The van der Waals surface area contributed by atoms with E-state index in [1.807, 2.05) is 0 Å². The molecule has 0 fully saturated rings. The van der Waals surface area contributed by atoms with Crippen LogP contribution in [0.1, 0.15) is 33.4 Å². The molecule has 3 amide bonds. The van der Waals surface area contributed by atoms with Gasteiger partial charge >= 0.3 is 5.97 Å². The van der Waals surface area contributed by atoms with Crippen LogP contribution in [-0.4, -0.2) is 62.9 Å². The molecule has 11 heteroatoms. The second-order valence-corrected chi connectivity index (χ2v) is 6.91. The minimum absolute atomic E-state index is 0.0152. The molecule has 1 aromatic heterocycles. The summed E-state index contributed by atoms with van der Waals surface area (Å²) < 4.78 is 0. The summed E-state index contributed by atoms with van der Waals surface area (Å²) in [6.45, 7) is 6.44. The number of hydrogen-bond donors (Lipinski definition) is 6. The lowest BCUT2D eigenvalue weighted by Crippen LogP contribution is -2.56. The average Bonchev–Trinajstić information content (AvgIpc) is 3.12. The predicted molar refractivity (Wildman–Crippen MR) is 99.9 cm³/mol. The molecule has 0 aliphatic heterocycles. The lowest BCUT2D eigenvalue weighted by molar-refractivity contribution is -0.142. The van der Waals surface area contributed by atoms with Gasteiger partial charge in [-0.3, -0.25) is 14.4 Å². The first-order chi connectivity index (χ1) is 13.0. The van der Waals surface area contributed by atoms with Crippen molar-refractivity contribution in [2.24, 2.45) is 11.7 Å². The Morgan fingerprint density at radius 2 is 1.57 bits per heavy atom. The lowest BCUT2D eigenvalue weighted by atomic mass is 10.0. The average molecular weight is 396 g/mol. The van der Waals surface area contributed by atoms with Gasteiger partial charge in [-0.25, -0.2) is 9.78 Å². The van der Waals surface area contributed by atoms with Crippen LogP contribution in [-0.2, 0) is 25.6 Å². The van der Waals surface area contributed by atoms with Crippen LogP contribution in [0.5, 0.6) is 0 Å². The molecular formula is C17H28N6O5. The molecule has 28 heavy (non-hydrogen) atoms. The number of imidazole rings is 1. The van der Waals surface area contributed by atoms with Gasteiger partial charge < -0.3 is 31.8 Å². The summed E-state index contributed by atoms with van der Waals surface area (Å²) in [7, 11) is 0. The van der Waals surface area contributed by atoms with Crippen molar-refractivity contribution in [3.05, 3.63) is 18.2 Å². The minimum Gasteiger partial charge on any atom is -0.480 e. The Kier molecular flexibility index (Phi) is 8.58. The van der Waals surface area contributed by atoms with Crippen LogP contribution in [0.15, 0.2) is 12.5 Å². The summed E-state index contributed by atoms with van der Waals surface area (Å²) in [4.78, 5) is 54.3. The standard InChI is InChI=1S/C17H28N6O5/c1-8(2)13(18)16(26)22-9(3)14(24)21-10(4)15(25)23-12(17(27)28)5-11-6-19-7-20-11/h6-10,12-13H,5,18H2,1-4H3,(H,19,20)(H,21,24)(H,22,26)(H,23,25)(H,27,28). The van der Waals surface area contributed by atoms with Gasteiger partial charge in [0, 0.05) is 18.3 Å². The third-order valence-electron chi connectivity index (χ3n) is 4.12. The largest absolute Gasteiger partial charge is 0.480 e. The maximum Gasteiger partial charge on any atom is 0.326 e. The van der Waals surface area contributed by atoms with Crippen molar-refractivity contribution in [3.8, 4) is 0 Å². The monoisotopic (exact) mass is 396 g/mol. The number of nitrogens with two attached hydrogens (primary N) is 1. The maximum atomic E-state index is 12.2. The molecule has 1 aromatic rings. The molecule has 0 aliphatic carbocycles. The van der Waals surface area contributed by atoms with E-state index in [2.05, 4.69) is 25.9 Å². The molecule has 7 N–H and O–H groups in total. The molecule has 11 nitrogen and oxygen atoms in total. The molecule has 156 valence electrons. The molecular weight excluding hydrogens is 368 g/mol. The third-order valence-corrected chi connectivity index (χ3v) is 4.12. The van der Waals surface area contributed by atoms with Crippen LogP contribution >= 0.6 is 0 Å². The SMILES string of the molecule is CC(NC(=O)C(C)NC(=O)C(N)C(C)C)C(=O)NC(Cc1cnc[nH]1)C(=O)O. The Morgan fingerprint density at radius 1 is 1.04 bits per heavy atom. The number of carboxylic acid groups (broad SMARTS) is 1. The molecule has 1 rings (SSSR count). The number of carbonyl (C=O) groups is 4. The second kappa shape index (κ2) is 10.4. The Hall–Kier alpha value is -2.95. The van der Waals surface area contributed by atoms with Crippen LogP contribution < -0.4 is 21.7 Å². The van der Waals surface area contributed by atoms with E-state index in [0.29, 0.717) is 5.69 Å². The number of aromatic amines is 1. The first kappa shape index (κ1) is 23.1. The fraction of sp³-hybridized carbons (Fsp3) is 0.588. The Bertz CT molecular complexity index is 690. The zero-order valence-electron chi connectivity index (χ0n) is 16.4. The number of carboxylic acids is 1. The first-order valence-electron chi connectivity index (χ1n) is 8.89. The summed E-state index contributed by atoms with van der Waals surface area (Å²) in [6, 6.07) is -3.86. The summed E-state index contributed by atoms with van der Waals surface area (Å²) >= 11 is 0. The first-order valence-corrected chi connectivity index (χ1v) is 8.89. The number of aliphatic carboxylic acids is 1. The molecule has 0 saturated heterocycles. The van der Waals surface area contributed by atoms with Crippen molar-refractivity contribution in [1.82, 2.24) is 25.9 Å². The highest BCUT2D eigenvalue weighted by molar-refractivity contribution is 5.93. The van der Waals surface area contributed by atoms with Crippen molar-refractivity contribution in [2.45, 2.75) is 58.3 Å². The zero-order valence-corrected chi connectivity index (χ0v) is 16.4. The van der Waals surface area contributed by atoms with Crippen LogP contribution in [0.2, 0.25) is 0 Å². The van der Waals surface area contributed by atoms with Gasteiger partial charge in [0.1, 0.15) is 18.1 Å². The normalized spacial score (nSPS) is 15.2. The predicted octanol–water partition coefficient (Wildman–Crippen LogP) is -1.49. The molecule has 4 unspecified atom stereocenters. The van der Waals surface area contributed by atoms with Gasteiger partial charge in [-0.1, -0.05) is 13.8 Å². The van der Waals surface area contributed by atoms with Gasteiger partial charge in [0.25, 0.3) is 0 Å². The topological polar surface area (TPSA) is 179 Å². The summed E-state index contributed by atoms with van der Waals surface area (Å²) in [5, 5.41) is 16.6. The zero-order chi connectivity index (χ0) is 21.4. The highest BCUT2D eigenvalue weighted by Crippen LogP contribution is 2.01. The van der Waals surface area contributed by atoms with E-state index in [1.54, 1.807) is 13.8 Å². The second-order valence-electron chi connectivity index (χ2n) is 6.91. The maximum absolute atomic E-state index is 12.2. The Morgan fingerprint density at radius 3 is 2.04 bits per heavy atom. The fourth-order valence-corrected chi connectivity index (χ4v) is 2.19. The van der Waals surface area contributed by atoms with E-state index in [1.165, 1.54) is 26.4 Å². The van der Waals surface area contributed by atoms with Gasteiger partial charge in [-0.05, 0) is 19.8 Å². The van der Waals surface area contributed by atoms with Crippen molar-refractivity contribution < 1.29 is 24.3 Å². The summed E-state index contributed by atoms with van der Waals surface area (Å²) in [6.07, 6.45) is 2.88. The smallest absolute Gasteiger partial charge is 0.326 e. The number of H-pyrrole nitrogens is 1. The van der Waals surface area contributed by atoms with Gasteiger partial charge in [0.15, 0.2) is 0 Å². The number of amides is 3. The minimum atomic E-state index is -1.22. The fourth-order valence-electron chi connectivity index (χ4n) is 2.19. The molecule has 0 spiro atoms. The van der Waals surface area contributed by atoms with E-state index in [-0.39, 0.29) is 12.3 Å². The molecule has 0 radical (unpaired) electrons. The van der Waals surface area contributed by atoms with Crippen LogP contribution in [0.4, 0.5) is 0 Å². The van der Waals surface area contributed by atoms with Gasteiger partial charge in [0.05, 0.1) is 12.4 Å². The van der Waals surface area contributed by atoms with E-state index < -0.39 is 47.9 Å². The summed E-state index contributed by atoms with van der Waals surface area (Å²) in [5.74, 6) is -3.04. The number of nitrogens with zero attached hydrogens (tertiary/aromatic N) is 1. The number of hydrogen-bond acceptors (Lipinski definition) is 6. The van der Waals surface area contributed by atoms with E-state index in [4.69, 9.17) is 5.73 Å².